The summed E-state index contributed by atoms with van der Waals surface area (Å²) in [6.45, 7) is 0.369. The number of benzene rings is 1. The van der Waals surface area contributed by atoms with Crippen LogP contribution >= 0.6 is 0 Å². The van der Waals surface area contributed by atoms with Crippen molar-refractivity contribution in [3.63, 3.8) is 0 Å². The maximum atomic E-state index is 12.0. The van der Waals surface area contributed by atoms with Crippen LogP contribution in [0.4, 0.5) is 0 Å². The van der Waals surface area contributed by atoms with Gasteiger partial charge in [0.25, 0.3) is 0 Å². The lowest BCUT2D eigenvalue weighted by molar-refractivity contribution is -0.138. The molecule has 0 heterocycles. The number of hydrogen-bond donors (Lipinski definition) is 4. The van der Waals surface area contributed by atoms with Gasteiger partial charge in [-0.2, -0.15) is 0 Å². The Balaban J connectivity index is 2.46. The summed E-state index contributed by atoms with van der Waals surface area (Å²) in [6.07, 6.45) is 1.16. The number of carbonyl (C=O) groups excluding carboxylic acids is 2. The second-order valence-corrected chi connectivity index (χ2v) is 5.08. The molecule has 0 saturated heterocycles. The Hall–Kier alpha value is -2.25. The van der Waals surface area contributed by atoms with Crippen LogP contribution in [0.2, 0.25) is 0 Å². The molecule has 0 spiro atoms. The zero-order chi connectivity index (χ0) is 16.5. The van der Waals surface area contributed by atoms with Gasteiger partial charge < -0.3 is 22.9 Å². The second-order valence-electron chi connectivity index (χ2n) is 5.08. The summed E-state index contributed by atoms with van der Waals surface area (Å²) in [5.41, 5.74) is 22.8. The molecule has 0 saturated carbocycles. The Morgan fingerprint density at radius 2 is 1.59 bits per heavy atom. The molecule has 8 N–H and O–H groups in total. The summed E-state index contributed by atoms with van der Waals surface area (Å²) >= 11 is 0. The first kappa shape index (κ1) is 17.8. The molecule has 22 heavy (non-hydrogen) atoms. The fraction of sp³-hybridized carbons (Fsp3) is 0.400. The molecule has 0 amide bonds. The maximum Gasteiger partial charge on any atom is 0.216 e. The van der Waals surface area contributed by atoms with Gasteiger partial charge in [0.15, 0.2) is 5.96 Å². The molecule has 7 heteroatoms. The third-order valence-electron chi connectivity index (χ3n) is 3.18. The number of nitrogens with zero attached hydrogens (tertiary/aromatic N) is 1. The highest BCUT2D eigenvalue weighted by Gasteiger charge is 2.26. The molecular formula is C15H23N5O2. The van der Waals surface area contributed by atoms with Gasteiger partial charge in [0.1, 0.15) is 0 Å². The standard InChI is InChI=1S/C15H23N5O2/c16-11(7-4-8-20-15(18)19)13(21)14(22)12(17)9-10-5-2-1-3-6-10/h1-3,5-6,11-12H,4,7-9,16-17H2,(H4,18,19,20)/t11-,12-/m0/s1. The van der Waals surface area contributed by atoms with Crippen LogP contribution in [-0.2, 0) is 16.0 Å². The van der Waals surface area contributed by atoms with E-state index >= 15 is 0 Å². The summed E-state index contributed by atoms with van der Waals surface area (Å²) in [5, 5.41) is 0. The van der Waals surface area contributed by atoms with Gasteiger partial charge in [-0.1, -0.05) is 30.3 Å². The van der Waals surface area contributed by atoms with Crippen LogP contribution in [-0.4, -0.2) is 36.2 Å². The van der Waals surface area contributed by atoms with Gasteiger partial charge in [0, 0.05) is 6.54 Å². The number of ketones is 2. The smallest absolute Gasteiger partial charge is 0.216 e. The fourth-order valence-electron chi connectivity index (χ4n) is 1.98. The highest BCUT2D eigenvalue weighted by atomic mass is 16.2. The molecule has 0 unspecified atom stereocenters. The minimum absolute atomic E-state index is 0.0131. The molecular weight excluding hydrogens is 282 g/mol. The fourth-order valence-corrected chi connectivity index (χ4v) is 1.98. The van der Waals surface area contributed by atoms with Gasteiger partial charge in [0.2, 0.25) is 11.6 Å². The molecule has 2 atom stereocenters. The summed E-state index contributed by atoms with van der Waals surface area (Å²) in [7, 11) is 0. The number of guanidine groups is 1. The van der Waals surface area contributed by atoms with Crippen molar-refractivity contribution in [1.82, 2.24) is 0 Å². The Labute approximate surface area is 129 Å². The van der Waals surface area contributed by atoms with Crippen LogP contribution in [0.25, 0.3) is 0 Å². The van der Waals surface area contributed by atoms with Gasteiger partial charge in [-0.25, -0.2) is 0 Å². The monoisotopic (exact) mass is 305 g/mol. The van der Waals surface area contributed by atoms with Crippen molar-refractivity contribution in [3.05, 3.63) is 35.9 Å². The first-order valence-electron chi connectivity index (χ1n) is 7.10. The first-order chi connectivity index (χ1) is 10.4. The van der Waals surface area contributed by atoms with E-state index in [1.807, 2.05) is 30.3 Å². The molecule has 1 aromatic rings. The lowest BCUT2D eigenvalue weighted by Gasteiger charge is -2.13. The van der Waals surface area contributed by atoms with Crippen molar-refractivity contribution in [3.8, 4) is 0 Å². The Morgan fingerprint density at radius 1 is 1.00 bits per heavy atom. The minimum Gasteiger partial charge on any atom is -0.370 e. The van der Waals surface area contributed by atoms with Crippen LogP contribution in [0.3, 0.4) is 0 Å². The van der Waals surface area contributed by atoms with Crippen molar-refractivity contribution in [2.75, 3.05) is 6.54 Å². The van der Waals surface area contributed by atoms with E-state index < -0.39 is 23.7 Å². The second kappa shape index (κ2) is 8.91. The van der Waals surface area contributed by atoms with Crippen LogP contribution in [0.1, 0.15) is 18.4 Å². The number of rotatable bonds is 9. The van der Waals surface area contributed by atoms with E-state index in [9.17, 15) is 9.59 Å². The van der Waals surface area contributed by atoms with Crippen molar-refractivity contribution in [2.24, 2.45) is 27.9 Å². The molecule has 0 aromatic heterocycles. The third kappa shape index (κ3) is 6.02. The molecule has 0 radical (unpaired) electrons. The van der Waals surface area contributed by atoms with Gasteiger partial charge in [-0.15, -0.1) is 0 Å². The van der Waals surface area contributed by atoms with Crippen molar-refractivity contribution < 1.29 is 9.59 Å². The molecule has 1 rings (SSSR count). The van der Waals surface area contributed by atoms with Gasteiger partial charge in [-0.3, -0.25) is 14.6 Å². The third-order valence-corrected chi connectivity index (χ3v) is 3.18. The molecule has 0 bridgehead atoms. The Morgan fingerprint density at radius 3 is 2.18 bits per heavy atom. The summed E-state index contributed by atoms with van der Waals surface area (Å²) < 4.78 is 0. The van der Waals surface area contributed by atoms with E-state index in [-0.39, 0.29) is 5.96 Å². The molecule has 0 aliphatic rings. The lowest BCUT2D eigenvalue weighted by atomic mass is 9.96. The van der Waals surface area contributed by atoms with Crippen molar-refractivity contribution in [1.29, 1.82) is 0 Å². The van der Waals surface area contributed by atoms with E-state index in [4.69, 9.17) is 22.9 Å². The topological polar surface area (TPSA) is 151 Å². The molecule has 0 aliphatic heterocycles. The Kier molecular flexibility index (Phi) is 7.21. The SMILES string of the molecule is NC(N)=NCCC[C@H](N)C(=O)C(=O)[C@@H](N)Cc1ccccc1. The van der Waals surface area contributed by atoms with E-state index in [2.05, 4.69) is 4.99 Å². The quantitative estimate of drug-likeness (QED) is 0.200. The van der Waals surface area contributed by atoms with E-state index in [0.29, 0.717) is 25.8 Å². The number of Topliss-reactive ketones (excluding diaryl/α,β-unsaturated/α-hetero) is 2. The average molecular weight is 305 g/mol. The summed E-state index contributed by atoms with van der Waals surface area (Å²) in [5.74, 6) is -1.30. The molecule has 1 aromatic carbocycles. The maximum absolute atomic E-state index is 12.0. The van der Waals surface area contributed by atoms with Crippen LogP contribution < -0.4 is 22.9 Å². The van der Waals surface area contributed by atoms with Crippen LogP contribution in [0.15, 0.2) is 35.3 Å². The number of nitrogens with two attached hydrogens (primary N) is 4. The van der Waals surface area contributed by atoms with Gasteiger partial charge in [0.05, 0.1) is 12.1 Å². The highest BCUT2D eigenvalue weighted by molar-refractivity contribution is 6.40. The molecule has 7 nitrogen and oxygen atoms in total. The van der Waals surface area contributed by atoms with Crippen LogP contribution in [0.5, 0.6) is 0 Å². The molecule has 0 fully saturated rings. The Bertz CT molecular complexity index is 526. The van der Waals surface area contributed by atoms with Crippen molar-refractivity contribution >= 4 is 17.5 Å². The van der Waals surface area contributed by atoms with Crippen molar-refractivity contribution in [2.45, 2.75) is 31.3 Å². The average Bonchev–Trinajstić information content (AvgIpc) is 2.50. The van der Waals surface area contributed by atoms with E-state index in [1.165, 1.54) is 0 Å². The largest absolute Gasteiger partial charge is 0.370 e. The zero-order valence-corrected chi connectivity index (χ0v) is 12.4. The number of carbonyl (C=O) groups is 2. The summed E-state index contributed by atoms with van der Waals surface area (Å²) in [4.78, 5) is 27.8. The first-order valence-corrected chi connectivity index (χ1v) is 7.10. The highest BCUT2D eigenvalue weighted by Crippen LogP contribution is 2.05. The van der Waals surface area contributed by atoms with Crippen LogP contribution in [0, 0.1) is 0 Å². The zero-order valence-electron chi connectivity index (χ0n) is 12.4. The molecule has 120 valence electrons. The van der Waals surface area contributed by atoms with Gasteiger partial charge >= 0.3 is 0 Å². The van der Waals surface area contributed by atoms with E-state index in [0.717, 1.165) is 5.56 Å². The number of aliphatic imine (C=N–C) groups is 1. The predicted molar refractivity (Wildman–Crippen MR) is 86.0 cm³/mol. The normalized spacial score (nSPS) is 13.2. The lowest BCUT2D eigenvalue weighted by Crippen LogP contribution is -2.45. The molecule has 0 aliphatic carbocycles. The van der Waals surface area contributed by atoms with Gasteiger partial charge in [-0.05, 0) is 24.8 Å². The van der Waals surface area contributed by atoms with E-state index in [1.54, 1.807) is 0 Å². The minimum atomic E-state index is -0.876. The predicted octanol–water partition coefficient (Wildman–Crippen LogP) is -0.924. The summed E-state index contributed by atoms with van der Waals surface area (Å²) in [6, 6.07) is 7.53. The number of hydrogen-bond acceptors (Lipinski definition) is 5.